The van der Waals surface area contributed by atoms with Gasteiger partial charge in [0.25, 0.3) is 0 Å². The van der Waals surface area contributed by atoms with Gasteiger partial charge >= 0.3 is 0 Å². The zero-order valence-electron chi connectivity index (χ0n) is 16.2. The molecule has 28 heavy (non-hydrogen) atoms. The van der Waals surface area contributed by atoms with Gasteiger partial charge in [-0.25, -0.2) is 0 Å². The van der Waals surface area contributed by atoms with Crippen LogP contribution in [0.5, 0.6) is 0 Å². The van der Waals surface area contributed by atoms with Crippen LogP contribution in [-0.2, 0) is 9.59 Å². The van der Waals surface area contributed by atoms with Crippen molar-refractivity contribution in [1.82, 2.24) is 4.90 Å². The molecule has 1 unspecified atom stereocenters. The lowest BCUT2D eigenvalue weighted by Gasteiger charge is -2.31. The predicted molar refractivity (Wildman–Crippen MR) is 109 cm³/mol. The fourth-order valence-electron chi connectivity index (χ4n) is 3.79. The van der Waals surface area contributed by atoms with Crippen molar-refractivity contribution in [1.29, 1.82) is 0 Å². The number of aliphatic imine (C=N–C) groups is 1. The molecule has 0 spiro atoms. The number of Topliss-reactive ketones (excluding diaryl/α,β-unsaturated/α-hetero) is 1. The molecule has 6 nitrogen and oxygen atoms in total. The minimum atomic E-state index is -0.0742. The van der Waals surface area contributed by atoms with E-state index in [1.165, 1.54) is 11.1 Å². The number of aliphatic hydroxyl groups excluding tert-OH is 1. The highest BCUT2D eigenvalue weighted by Crippen LogP contribution is 2.33. The van der Waals surface area contributed by atoms with Crippen LogP contribution in [0.15, 0.2) is 40.6 Å². The monoisotopic (exact) mass is 404 g/mol. The summed E-state index contributed by atoms with van der Waals surface area (Å²) in [7, 11) is 0. The Morgan fingerprint density at radius 2 is 1.96 bits per heavy atom. The van der Waals surface area contributed by atoms with Crippen molar-refractivity contribution >= 4 is 29.5 Å². The summed E-state index contributed by atoms with van der Waals surface area (Å²) in [5.74, 6) is 0.147. The standard InChI is InChI=1S/C21H26ClN3O3/c1-15(26)25-10-8-24(9-11-25)7-6-23-14-19-20(27)12-17(13-21(19)28)16-2-4-18(22)5-3-16/h2-5,14,17,27H,6-13H2,1H3/p+1. The summed E-state index contributed by atoms with van der Waals surface area (Å²) < 4.78 is 0. The van der Waals surface area contributed by atoms with Crippen LogP contribution in [0.4, 0.5) is 0 Å². The van der Waals surface area contributed by atoms with Crippen molar-refractivity contribution in [2.75, 3.05) is 39.3 Å². The molecule has 0 saturated carbocycles. The second-order valence-electron chi connectivity index (χ2n) is 7.48. The number of piperazine rings is 1. The minimum Gasteiger partial charge on any atom is -0.511 e. The molecule has 2 aliphatic rings. The molecular weight excluding hydrogens is 378 g/mol. The molecule has 3 rings (SSSR count). The molecule has 1 aliphatic carbocycles. The maximum Gasteiger partial charge on any atom is 0.219 e. The van der Waals surface area contributed by atoms with Gasteiger partial charge in [0.1, 0.15) is 5.76 Å². The van der Waals surface area contributed by atoms with Crippen molar-refractivity contribution in [3.8, 4) is 0 Å². The van der Waals surface area contributed by atoms with Crippen molar-refractivity contribution in [2.45, 2.75) is 25.7 Å². The molecule has 1 atom stereocenters. The SMILES string of the molecule is CC(=O)N1CC[NH+](CCN=CC2=C(O)CC(c3ccc(Cl)cc3)CC2=O)CC1. The van der Waals surface area contributed by atoms with E-state index in [1.807, 2.05) is 17.0 Å². The Labute approximate surface area is 170 Å². The first-order chi connectivity index (χ1) is 13.4. The number of amides is 1. The lowest BCUT2D eigenvalue weighted by molar-refractivity contribution is -0.902. The van der Waals surface area contributed by atoms with Gasteiger partial charge in [-0.3, -0.25) is 14.6 Å². The molecule has 0 aromatic heterocycles. The first-order valence-corrected chi connectivity index (χ1v) is 10.1. The Hall–Kier alpha value is -2.18. The van der Waals surface area contributed by atoms with Crippen LogP contribution < -0.4 is 4.90 Å². The maximum absolute atomic E-state index is 12.5. The largest absolute Gasteiger partial charge is 0.511 e. The summed E-state index contributed by atoms with van der Waals surface area (Å²) >= 11 is 5.92. The van der Waals surface area contributed by atoms with Crippen LogP contribution in [0, 0.1) is 0 Å². The number of rotatable bonds is 5. The van der Waals surface area contributed by atoms with Crippen LogP contribution in [0.2, 0.25) is 5.02 Å². The zero-order valence-corrected chi connectivity index (χ0v) is 16.9. The number of carbonyl (C=O) groups is 2. The third kappa shape index (κ3) is 5.20. The van der Waals surface area contributed by atoms with Crippen molar-refractivity contribution in [3.05, 3.63) is 46.2 Å². The van der Waals surface area contributed by atoms with Crippen molar-refractivity contribution in [3.63, 3.8) is 0 Å². The molecule has 1 amide bonds. The van der Waals surface area contributed by atoms with E-state index < -0.39 is 0 Å². The third-order valence-electron chi connectivity index (χ3n) is 5.55. The number of ketones is 1. The second kappa shape index (κ2) is 9.34. The Bertz CT molecular complexity index is 781. The van der Waals surface area contributed by atoms with Crippen LogP contribution in [-0.4, -0.2) is 67.2 Å². The molecule has 1 fully saturated rings. The quantitative estimate of drug-likeness (QED) is 0.729. The molecule has 7 heteroatoms. The van der Waals surface area contributed by atoms with Gasteiger partial charge in [0, 0.05) is 31.0 Å². The van der Waals surface area contributed by atoms with Gasteiger partial charge in [0.15, 0.2) is 5.78 Å². The Morgan fingerprint density at radius 3 is 2.57 bits per heavy atom. The number of hydrogen-bond acceptors (Lipinski definition) is 4. The fraction of sp³-hybridized carbons (Fsp3) is 0.476. The van der Waals surface area contributed by atoms with Crippen LogP contribution in [0.3, 0.4) is 0 Å². The van der Waals surface area contributed by atoms with Crippen molar-refractivity contribution < 1.29 is 19.6 Å². The number of quaternary nitrogens is 1. The molecule has 2 N–H and O–H groups in total. The number of allylic oxidation sites excluding steroid dienone is 2. The molecule has 0 radical (unpaired) electrons. The summed E-state index contributed by atoms with van der Waals surface area (Å²) in [5.41, 5.74) is 1.34. The molecule has 1 aromatic carbocycles. The number of benzene rings is 1. The molecular formula is C21H27ClN3O3+. The van der Waals surface area contributed by atoms with Crippen LogP contribution in [0.25, 0.3) is 0 Å². The summed E-state index contributed by atoms with van der Waals surface area (Å²) in [6, 6.07) is 7.41. The molecule has 1 saturated heterocycles. The van der Waals surface area contributed by atoms with Gasteiger partial charge in [0.2, 0.25) is 5.91 Å². The number of halogens is 1. The highest BCUT2D eigenvalue weighted by molar-refractivity contribution is 6.30. The van der Waals surface area contributed by atoms with Gasteiger partial charge in [-0.05, 0) is 23.6 Å². The highest BCUT2D eigenvalue weighted by atomic mass is 35.5. The minimum absolute atomic E-state index is 0.0241. The fourth-order valence-corrected chi connectivity index (χ4v) is 3.92. The number of carbonyl (C=O) groups excluding carboxylic acids is 2. The van der Waals surface area contributed by atoms with E-state index in [1.54, 1.807) is 19.1 Å². The molecule has 1 aliphatic heterocycles. The molecule has 1 aromatic rings. The highest BCUT2D eigenvalue weighted by Gasteiger charge is 2.27. The topological polar surface area (TPSA) is 74.4 Å². The lowest BCUT2D eigenvalue weighted by Crippen LogP contribution is -3.15. The van der Waals surface area contributed by atoms with Gasteiger partial charge in [-0.15, -0.1) is 0 Å². The van der Waals surface area contributed by atoms with Gasteiger partial charge < -0.3 is 14.9 Å². The summed E-state index contributed by atoms with van der Waals surface area (Å²) in [6.45, 7) is 6.47. The summed E-state index contributed by atoms with van der Waals surface area (Å²) in [6.07, 6.45) is 2.33. The van der Waals surface area contributed by atoms with E-state index in [-0.39, 0.29) is 23.4 Å². The number of aliphatic hydroxyl groups is 1. The molecule has 0 bridgehead atoms. The van der Waals surface area contributed by atoms with E-state index in [9.17, 15) is 14.7 Å². The van der Waals surface area contributed by atoms with Crippen LogP contribution in [0.1, 0.15) is 31.2 Å². The van der Waals surface area contributed by atoms with Crippen molar-refractivity contribution in [2.24, 2.45) is 4.99 Å². The predicted octanol–water partition coefficient (Wildman–Crippen LogP) is 1.42. The van der Waals surface area contributed by atoms with Gasteiger partial charge in [-0.2, -0.15) is 0 Å². The first-order valence-electron chi connectivity index (χ1n) is 9.73. The summed E-state index contributed by atoms with van der Waals surface area (Å²) in [5, 5.41) is 11.0. The number of nitrogens with zero attached hydrogens (tertiary/aromatic N) is 2. The second-order valence-corrected chi connectivity index (χ2v) is 7.92. The van der Waals surface area contributed by atoms with Crippen LogP contribution >= 0.6 is 11.6 Å². The van der Waals surface area contributed by atoms with E-state index in [0.29, 0.717) is 30.0 Å². The van der Waals surface area contributed by atoms with E-state index in [2.05, 4.69) is 4.99 Å². The normalized spacial score (nSPS) is 21.6. The maximum atomic E-state index is 12.5. The van der Waals surface area contributed by atoms with E-state index in [0.717, 1.165) is 38.3 Å². The lowest BCUT2D eigenvalue weighted by atomic mass is 9.83. The average Bonchev–Trinajstić information content (AvgIpc) is 2.67. The van der Waals surface area contributed by atoms with Gasteiger partial charge in [-0.1, -0.05) is 23.7 Å². The molecule has 1 heterocycles. The summed E-state index contributed by atoms with van der Waals surface area (Å²) in [4.78, 5) is 31.5. The Balaban J connectivity index is 1.51. The smallest absolute Gasteiger partial charge is 0.219 e. The number of nitrogens with one attached hydrogen (secondary N) is 1. The van der Waals surface area contributed by atoms with E-state index in [4.69, 9.17) is 11.6 Å². The number of hydrogen-bond donors (Lipinski definition) is 2. The Morgan fingerprint density at radius 1 is 1.29 bits per heavy atom. The Kier molecular flexibility index (Phi) is 6.86. The van der Waals surface area contributed by atoms with Gasteiger partial charge in [0.05, 0.1) is 44.8 Å². The average molecular weight is 405 g/mol. The zero-order chi connectivity index (χ0) is 20.1. The third-order valence-corrected chi connectivity index (χ3v) is 5.81. The molecule has 150 valence electrons. The van der Waals surface area contributed by atoms with E-state index >= 15 is 0 Å². The first kappa shape index (κ1) is 20.6.